The Labute approximate surface area is 135 Å². The van der Waals surface area contributed by atoms with Gasteiger partial charge in [0.1, 0.15) is 0 Å². The van der Waals surface area contributed by atoms with Crippen molar-refractivity contribution in [1.29, 1.82) is 0 Å². The maximum Gasteiger partial charge on any atom is 0.471 e. The summed E-state index contributed by atoms with van der Waals surface area (Å²) in [5, 5.41) is 16.1. The van der Waals surface area contributed by atoms with Crippen LogP contribution in [0.5, 0.6) is 0 Å². The zero-order chi connectivity index (χ0) is 15.1. The van der Waals surface area contributed by atoms with E-state index < -0.39 is 7.05 Å². The van der Waals surface area contributed by atoms with E-state index in [2.05, 4.69) is 17.2 Å². The third kappa shape index (κ3) is 2.55. The molecule has 4 rings (SSSR count). The minimum Gasteiger partial charge on any atom is -0.427 e. The van der Waals surface area contributed by atoms with Gasteiger partial charge in [0.15, 0.2) is 0 Å². The smallest absolute Gasteiger partial charge is 0.427 e. The molecule has 1 aliphatic carbocycles. The molecule has 2 aliphatic rings. The number of hydrogen-bond acceptors (Lipinski definition) is 4. The first-order valence-electron chi connectivity index (χ1n) is 7.61. The molecule has 1 N–H and O–H groups in total. The van der Waals surface area contributed by atoms with E-state index in [4.69, 9.17) is 0 Å². The van der Waals surface area contributed by atoms with Crippen LogP contribution in [0.2, 0.25) is 0 Å². The molecule has 2 aromatic carbocycles. The van der Waals surface area contributed by atoms with Crippen LogP contribution in [0.3, 0.4) is 0 Å². The number of rotatable bonds is 3. The van der Waals surface area contributed by atoms with E-state index in [-0.39, 0.29) is 0 Å². The summed E-state index contributed by atoms with van der Waals surface area (Å²) in [4.78, 5) is 2.97. The summed E-state index contributed by atoms with van der Waals surface area (Å²) in [6.07, 6.45) is 2.62. The van der Waals surface area contributed by atoms with Crippen molar-refractivity contribution in [2.75, 3.05) is 4.92 Å². The molecule has 0 spiro atoms. The Morgan fingerprint density at radius 3 is 2.82 bits per heavy atom. The fourth-order valence-corrected chi connectivity index (χ4v) is 3.83. The Balaban J connectivity index is 1.69. The van der Waals surface area contributed by atoms with E-state index in [1.807, 2.05) is 55.1 Å². The van der Waals surface area contributed by atoms with E-state index in [1.165, 1.54) is 17.7 Å². The van der Waals surface area contributed by atoms with Crippen LogP contribution in [0.4, 0.5) is 5.69 Å². The average Bonchev–Trinajstić information content (AvgIpc) is 3.35. The highest BCUT2D eigenvalue weighted by Crippen LogP contribution is 2.40. The molecule has 1 fully saturated rings. The highest BCUT2D eigenvalue weighted by molar-refractivity contribution is 8.00. The molecular weight excluding hydrogens is 291 g/mol. The van der Waals surface area contributed by atoms with Gasteiger partial charge in [-0.1, -0.05) is 30.3 Å². The first kappa shape index (κ1) is 13.9. The molecule has 0 unspecified atom stereocenters. The first-order chi connectivity index (χ1) is 10.7. The van der Waals surface area contributed by atoms with Gasteiger partial charge in [-0.15, -0.1) is 11.8 Å². The molecule has 0 radical (unpaired) electrons. The lowest BCUT2D eigenvalue weighted by molar-refractivity contribution is 0.577. The van der Waals surface area contributed by atoms with Crippen molar-refractivity contribution in [3.05, 3.63) is 54.1 Å². The molecule has 0 aromatic heterocycles. The maximum atomic E-state index is 10.7. The van der Waals surface area contributed by atoms with Crippen LogP contribution < -0.4 is 10.4 Å². The average molecular weight is 308 g/mol. The van der Waals surface area contributed by atoms with Gasteiger partial charge in [0, 0.05) is 15.8 Å². The number of fused-ring (bicyclic) bond motifs is 1. The summed E-state index contributed by atoms with van der Waals surface area (Å²) in [6, 6.07) is 16.2. The van der Waals surface area contributed by atoms with Crippen LogP contribution in [0.1, 0.15) is 25.3 Å². The quantitative estimate of drug-likeness (QED) is 0.886. The zero-order valence-corrected chi connectivity index (χ0v) is 13.3. The molecule has 22 heavy (non-hydrogen) atoms. The number of benzene rings is 2. The summed E-state index contributed by atoms with van der Waals surface area (Å²) in [7, 11) is -0.735. The molecule has 5 heteroatoms. The van der Waals surface area contributed by atoms with Gasteiger partial charge in [-0.05, 0) is 49.0 Å². The van der Waals surface area contributed by atoms with Gasteiger partial charge in [-0.3, -0.25) is 4.92 Å². The number of hydrogen-bond donors (Lipinski definition) is 1. The summed E-state index contributed by atoms with van der Waals surface area (Å²) in [5.41, 5.74) is 3.80. The van der Waals surface area contributed by atoms with Gasteiger partial charge in [0.05, 0.1) is 5.71 Å². The van der Waals surface area contributed by atoms with Crippen LogP contribution in [0.25, 0.3) is 0 Å². The van der Waals surface area contributed by atoms with Crippen molar-refractivity contribution in [2.24, 2.45) is 5.10 Å². The van der Waals surface area contributed by atoms with Crippen molar-refractivity contribution < 1.29 is 5.02 Å². The number of nitrogens with zero attached hydrogens (tertiary/aromatic N) is 2. The standard InChI is InChI=1S/C17H17BN2OS/c1-12-16-7-2-3-8-17(16)18(21)20(19-12)13-5-4-6-15(11-13)22-14-9-10-14/h2-8,11,14,21H,9-10H2,1H3. The molecule has 0 saturated heterocycles. The second kappa shape index (κ2) is 5.49. The topological polar surface area (TPSA) is 35.8 Å². The second-order valence-corrected chi connectivity index (χ2v) is 7.18. The summed E-state index contributed by atoms with van der Waals surface area (Å²) < 4.78 is 0. The predicted molar refractivity (Wildman–Crippen MR) is 94.1 cm³/mol. The van der Waals surface area contributed by atoms with E-state index in [0.717, 1.165) is 27.7 Å². The van der Waals surface area contributed by atoms with E-state index >= 15 is 0 Å². The highest BCUT2D eigenvalue weighted by atomic mass is 32.2. The van der Waals surface area contributed by atoms with Crippen molar-refractivity contribution in [3.63, 3.8) is 0 Å². The molecular formula is C17H17BN2OS. The Hall–Kier alpha value is -1.72. The second-order valence-electron chi connectivity index (χ2n) is 5.81. The van der Waals surface area contributed by atoms with Crippen LogP contribution in [0, 0.1) is 0 Å². The van der Waals surface area contributed by atoms with Crippen molar-refractivity contribution in [1.82, 2.24) is 0 Å². The van der Waals surface area contributed by atoms with Crippen molar-refractivity contribution in [2.45, 2.75) is 29.9 Å². The van der Waals surface area contributed by atoms with Crippen LogP contribution >= 0.6 is 11.8 Å². The molecule has 1 heterocycles. The fourth-order valence-electron chi connectivity index (χ4n) is 2.73. The maximum absolute atomic E-state index is 10.7. The molecule has 3 nitrogen and oxygen atoms in total. The van der Waals surface area contributed by atoms with Gasteiger partial charge in [-0.2, -0.15) is 5.10 Å². The zero-order valence-electron chi connectivity index (χ0n) is 12.4. The number of hydrazone groups is 1. The Morgan fingerprint density at radius 2 is 2.00 bits per heavy atom. The molecule has 2 aromatic rings. The Kier molecular flexibility index (Phi) is 3.47. The number of thioether (sulfide) groups is 1. The normalized spacial score (nSPS) is 17.3. The largest absolute Gasteiger partial charge is 0.471 e. The highest BCUT2D eigenvalue weighted by Gasteiger charge is 2.32. The van der Waals surface area contributed by atoms with E-state index in [0.29, 0.717) is 0 Å². The number of anilines is 1. The van der Waals surface area contributed by atoms with Crippen LogP contribution in [-0.4, -0.2) is 23.0 Å². The molecule has 0 bridgehead atoms. The summed E-state index contributed by atoms with van der Waals surface area (Å²) in [6.45, 7) is 1.99. The van der Waals surface area contributed by atoms with E-state index in [9.17, 15) is 5.02 Å². The lowest BCUT2D eigenvalue weighted by atomic mass is 9.68. The van der Waals surface area contributed by atoms with Crippen molar-refractivity contribution >= 4 is 35.7 Å². The van der Waals surface area contributed by atoms with Gasteiger partial charge in [0.2, 0.25) is 0 Å². The molecule has 1 aliphatic heterocycles. The lowest BCUT2D eigenvalue weighted by Gasteiger charge is -2.29. The predicted octanol–water partition coefficient (Wildman–Crippen LogP) is 2.87. The third-order valence-corrected chi connectivity index (χ3v) is 5.36. The summed E-state index contributed by atoms with van der Waals surface area (Å²) in [5.74, 6) is 0. The van der Waals surface area contributed by atoms with Crippen molar-refractivity contribution in [3.8, 4) is 0 Å². The van der Waals surface area contributed by atoms with Gasteiger partial charge < -0.3 is 5.02 Å². The van der Waals surface area contributed by atoms with Crippen LogP contribution in [-0.2, 0) is 0 Å². The SMILES string of the molecule is CC1=NN(c2cccc(SC3CC3)c2)B(O)c2ccccc21. The molecule has 1 saturated carbocycles. The van der Waals surface area contributed by atoms with E-state index in [1.54, 1.807) is 4.92 Å². The Bertz CT molecular complexity index is 745. The monoisotopic (exact) mass is 308 g/mol. The molecule has 110 valence electrons. The summed E-state index contributed by atoms with van der Waals surface area (Å²) >= 11 is 1.92. The minimum absolute atomic E-state index is 0.735. The molecule has 0 atom stereocenters. The minimum atomic E-state index is -0.735. The lowest BCUT2D eigenvalue weighted by Crippen LogP contribution is -2.51. The third-order valence-electron chi connectivity index (χ3n) is 4.03. The van der Waals surface area contributed by atoms with Gasteiger partial charge in [-0.25, -0.2) is 0 Å². The fraction of sp³-hybridized carbons (Fsp3) is 0.235. The van der Waals surface area contributed by atoms with Gasteiger partial charge >= 0.3 is 7.05 Å². The Morgan fingerprint density at radius 1 is 1.18 bits per heavy atom. The molecule has 0 amide bonds. The van der Waals surface area contributed by atoms with Crippen LogP contribution in [0.15, 0.2) is 58.5 Å². The van der Waals surface area contributed by atoms with Gasteiger partial charge in [0.25, 0.3) is 0 Å². The first-order valence-corrected chi connectivity index (χ1v) is 8.49.